The van der Waals surface area contributed by atoms with Crippen LogP contribution in [-0.2, 0) is 12.8 Å². The summed E-state index contributed by atoms with van der Waals surface area (Å²) < 4.78 is 0. The van der Waals surface area contributed by atoms with Gasteiger partial charge in [0.05, 0.1) is 0 Å². The molecule has 0 radical (unpaired) electrons. The van der Waals surface area contributed by atoms with Crippen molar-refractivity contribution < 1.29 is 0 Å². The molecule has 2 aromatic rings. The van der Waals surface area contributed by atoms with Crippen molar-refractivity contribution in [3.05, 3.63) is 71.8 Å². The zero-order chi connectivity index (χ0) is 16.5. The quantitative estimate of drug-likeness (QED) is 0.592. The molecule has 0 aromatic heterocycles. The van der Waals surface area contributed by atoms with Crippen molar-refractivity contribution >= 4 is 0 Å². The SMILES string of the molecule is c1ccc(CCCCC2CCN(CCc3ccccc3)CC2)cc1. The predicted octanol–water partition coefficient (Wildman–Crippen LogP) is 5.35. The number of hydrogen-bond acceptors (Lipinski definition) is 1. The van der Waals surface area contributed by atoms with Crippen molar-refractivity contribution in [3.63, 3.8) is 0 Å². The van der Waals surface area contributed by atoms with Gasteiger partial charge in [0.15, 0.2) is 0 Å². The highest BCUT2D eigenvalue weighted by Crippen LogP contribution is 2.23. The Labute approximate surface area is 147 Å². The van der Waals surface area contributed by atoms with Crippen LogP contribution in [0.15, 0.2) is 60.7 Å². The summed E-state index contributed by atoms with van der Waals surface area (Å²) in [5, 5.41) is 0. The van der Waals surface area contributed by atoms with Gasteiger partial charge in [-0.3, -0.25) is 0 Å². The van der Waals surface area contributed by atoms with Crippen LogP contribution in [0.2, 0.25) is 0 Å². The molecule has 1 fully saturated rings. The van der Waals surface area contributed by atoms with Gasteiger partial charge in [-0.05, 0) is 62.2 Å². The summed E-state index contributed by atoms with van der Waals surface area (Å²) in [4.78, 5) is 2.66. The first kappa shape index (κ1) is 17.2. The summed E-state index contributed by atoms with van der Waals surface area (Å²) in [6.45, 7) is 3.83. The molecule has 24 heavy (non-hydrogen) atoms. The van der Waals surface area contributed by atoms with E-state index in [-0.39, 0.29) is 0 Å². The van der Waals surface area contributed by atoms with Gasteiger partial charge in [-0.15, -0.1) is 0 Å². The highest BCUT2D eigenvalue weighted by Gasteiger charge is 2.18. The van der Waals surface area contributed by atoms with Crippen molar-refractivity contribution in [2.24, 2.45) is 5.92 Å². The lowest BCUT2D eigenvalue weighted by atomic mass is 9.90. The molecule has 1 saturated heterocycles. The number of piperidine rings is 1. The molecule has 2 aromatic carbocycles. The van der Waals surface area contributed by atoms with E-state index in [1.54, 1.807) is 0 Å². The molecule has 0 spiro atoms. The second kappa shape index (κ2) is 9.64. The summed E-state index contributed by atoms with van der Waals surface area (Å²) in [5.41, 5.74) is 2.97. The number of aryl methyl sites for hydroxylation is 1. The Morgan fingerprint density at radius 3 is 1.92 bits per heavy atom. The molecule has 1 aliphatic rings. The molecule has 3 rings (SSSR count). The number of unbranched alkanes of at least 4 members (excludes halogenated alkanes) is 1. The largest absolute Gasteiger partial charge is 0.303 e. The van der Waals surface area contributed by atoms with Crippen LogP contribution in [0.25, 0.3) is 0 Å². The normalized spacial score (nSPS) is 16.3. The maximum Gasteiger partial charge on any atom is 0.00218 e. The summed E-state index contributed by atoms with van der Waals surface area (Å²) in [6, 6.07) is 21.8. The van der Waals surface area contributed by atoms with Gasteiger partial charge in [0.1, 0.15) is 0 Å². The summed E-state index contributed by atoms with van der Waals surface area (Å²) in [5.74, 6) is 0.966. The monoisotopic (exact) mass is 321 g/mol. The third kappa shape index (κ3) is 5.79. The number of nitrogens with zero attached hydrogens (tertiary/aromatic N) is 1. The smallest absolute Gasteiger partial charge is 0.00218 e. The van der Waals surface area contributed by atoms with E-state index in [0.29, 0.717) is 0 Å². The third-order valence-corrected chi connectivity index (χ3v) is 5.44. The standard InChI is InChI=1S/C23H31N/c1-3-9-21(10-4-1)13-7-8-14-23-16-19-24(20-17-23)18-15-22-11-5-2-6-12-22/h1-6,9-12,23H,7-8,13-20H2. The molecule has 1 heterocycles. The van der Waals surface area contributed by atoms with Gasteiger partial charge in [-0.2, -0.15) is 0 Å². The first-order chi connectivity index (χ1) is 11.9. The molecule has 0 atom stereocenters. The van der Waals surface area contributed by atoms with Gasteiger partial charge in [0, 0.05) is 6.54 Å². The summed E-state index contributed by atoms with van der Waals surface area (Å²) in [7, 11) is 0. The zero-order valence-electron chi connectivity index (χ0n) is 14.9. The molecular weight excluding hydrogens is 290 g/mol. The molecular formula is C23H31N. The molecule has 0 saturated carbocycles. The minimum absolute atomic E-state index is 0.966. The van der Waals surface area contributed by atoms with Crippen LogP contribution >= 0.6 is 0 Å². The van der Waals surface area contributed by atoms with E-state index in [0.717, 1.165) is 5.92 Å². The highest BCUT2D eigenvalue weighted by molar-refractivity contribution is 5.15. The number of hydrogen-bond donors (Lipinski definition) is 0. The van der Waals surface area contributed by atoms with Crippen molar-refractivity contribution in [2.75, 3.05) is 19.6 Å². The van der Waals surface area contributed by atoms with Crippen LogP contribution in [0.4, 0.5) is 0 Å². The molecule has 1 heteroatoms. The molecule has 0 amide bonds. The van der Waals surface area contributed by atoms with E-state index in [9.17, 15) is 0 Å². The summed E-state index contributed by atoms with van der Waals surface area (Å²) in [6.07, 6.45) is 9.42. The maximum atomic E-state index is 2.66. The van der Waals surface area contributed by atoms with Gasteiger partial charge >= 0.3 is 0 Å². The Hall–Kier alpha value is -1.60. The lowest BCUT2D eigenvalue weighted by molar-refractivity contribution is 0.179. The molecule has 1 aliphatic heterocycles. The first-order valence-corrected chi connectivity index (χ1v) is 9.70. The van der Waals surface area contributed by atoms with Gasteiger partial charge in [0.2, 0.25) is 0 Å². The number of benzene rings is 2. The van der Waals surface area contributed by atoms with E-state index in [1.165, 1.54) is 75.7 Å². The topological polar surface area (TPSA) is 3.24 Å². The van der Waals surface area contributed by atoms with E-state index in [2.05, 4.69) is 65.6 Å². The van der Waals surface area contributed by atoms with Gasteiger partial charge < -0.3 is 4.90 Å². The molecule has 0 unspecified atom stereocenters. The zero-order valence-corrected chi connectivity index (χ0v) is 14.9. The fourth-order valence-corrected chi connectivity index (χ4v) is 3.84. The minimum atomic E-state index is 0.966. The van der Waals surface area contributed by atoms with Crippen molar-refractivity contribution in [2.45, 2.75) is 44.9 Å². The van der Waals surface area contributed by atoms with E-state index < -0.39 is 0 Å². The van der Waals surface area contributed by atoms with E-state index in [4.69, 9.17) is 0 Å². The number of rotatable bonds is 8. The third-order valence-electron chi connectivity index (χ3n) is 5.44. The lowest BCUT2D eigenvalue weighted by Gasteiger charge is -2.32. The average Bonchev–Trinajstić information content (AvgIpc) is 2.66. The number of likely N-dealkylation sites (tertiary alicyclic amines) is 1. The predicted molar refractivity (Wildman–Crippen MR) is 103 cm³/mol. The molecule has 1 nitrogen and oxygen atoms in total. The summed E-state index contributed by atoms with van der Waals surface area (Å²) >= 11 is 0. The van der Waals surface area contributed by atoms with Crippen LogP contribution < -0.4 is 0 Å². The Kier molecular flexibility index (Phi) is 6.92. The molecule has 0 aliphatic carbocycles. The lowest BCUT2D eigenvalue weighted by Crippen LogP contribution is -2.35. The van der Waals surface area contributed by atoms with E-state index >= 15 is 0 Å². The second-order valence-corrected chi connectivity index (χ2v) is 7.25. The molecule has 0 N–H and O–H groups in total. The Bertz CT molecular complexity index is 555. The fourth-order valence-electron chi connectivity index (χ4n) is 3.84. The van der Waals surface area contributed by atoms with Crippen molar-refractivity contribution in [3.8, 4) is 0 Å². The molecule has 0 bridgehead atoms. The van der Waals surface area contributed by atoms with Gasteiger partial charge in [-0.1, -0.05) is 73.5 Å². The van der Waals surface area contributed by atoms with Crippen LogP contribution in [-0.4, -0.2) is 24.5 Å². The highest BCUT2D eigenvalue weighted by atomic mass is 15.1. The molecule has 128 valence electrons. The second-order valence-electron chi connectivity index (χ2n) is 7.25. The first-order valence-electron chi connectivity index (χ1n) is 9.70. The Morgan fingerprint density at radius 2 is 1.29 bits per heavy atom. The van der Waals surface area contributed by atoms with Crippen LogP contribution in [0.5, 0.6) is 0 Å². The maximum absolute atomic E-state index is 2.66. The van der Waals surface area contributed by atoms with Crippen LogP contribution in [0.1, 0.15) is 43.2 Å². The van der Waals surface area contributed by atoms with Gasteiger partial charge in [0.25, 0.3) is 0 Å². The van der Waals surface area contributed by atoms with Crippen LogP contribution in [0, 0.1) is 5.92 Å². The van der Waals surface area contributed by atoms with Crippen molar-refractivity contribution in [1.29, 1.82) is 0 Å². The fraction of sp³-hybridized carbons (Fsp3) is 0.478. The van der Waals surface area contributed by atoms with Gasteiger partial charge in [-0.25, -0.2) is 0 Å². The van der Waals surface area contributed by atoms with E-state index in [1.807, 2.05) is 0 Å². The minimum Gasteiger partial charge on any atom is -0.303 e. The average molecular weight is 322 g/mol. The van der Waals surface area contributed by atoms with Crippen molar-refractivity contribution in [1.82, 2.24) is 4.90 Å². The Balaban J connectivity index is 1.27. The van der Waals surface area contributed by atoms with Crippen LogP contribution in [0.3, 0.4) is 0 Å². The Morgan fingerprint density at radius 1 is 0.708 bits per heavy atom.